The molecule has 0 saturated heterocycles. The summed E-state index contributed by atoms with van der Waals surface area (Å²) in [4.78, 5) is 16.7. The molecule has 1 fully saturated rings. The number of amides is 1. The molecule has 23 heavy (non-hydrogen) atoms. The summed E-state index contributed by atoms with van der Waals surface area (Å²) < 4.78 is 5.74. The number of aliphatic hydroxyl groups is 1. The molecule has 0 radical (unpaired) electrons. The Balaban J connectivity index is 1.67. The van der Waals surface area contributed by atoms with Crippen LogP contribution in [0.2, 0.25) is 0 Å². The minimum absolute atomic E-state index is 0.178. The highest BCUT2D eigenvalue weighted by Gasteiger charge is 2.25. The lowest BCUT2D eigenvalue weighted by Gasteiger charge is -2.28. The third kappa shape index (κ3) is 4.09. The van der Waals surface area contributed by atoms with E-state index in [-0.39, 0.29) is 11.9 Å². The van der Waals surface area contributed by atoms with Gasteiger partial charge in [-0.1, -0.05) is 25.0 Å². The topological polar surface area (TPSA) is 71.5 Å². The van der Waals surface area contributed by atoms with E-state index in [0.29, 0.717) is 17.9 Å². The number of hydrogen-bond acceptors (Lipinski definition) is 5. The minimum atomic E-state index is -0.462. The van der Waals surface area contributed by atoms with Crippen LogP contribution in [-0.4, -0.2) is 28.1 Å². The van der Waals surface area contributed by atoms with Crippen LogP contribution in [-0.2, 0) is 6.61 Å². The Morgan fingerprint density at radius 2 is 2.17 bits per heavy atom. The lowest BCUT2D eigenvalue weighted by molar-refractivity contribution is 0.0714. The van der Waals surface area contributed by atoms with Gasteiger partial charge in [0.05, 0.1) is 28.9 Å². The molecule has 1 aliphatic rings. The number of nitrogens with zero attached hydrogens (tertiary/aromatic N) is 1. The van der Waals surface area contributed by atoms with Gasteiger partial charge in [-0.2, -0.15) is 0 Å². The Bertz CT molecular complexity index is 645. The number of carbonyl (C=O) groups is 1. The number of aromatic nitrogens is 1. The average molecular weight is 332 g/mol. The number of para-hydroxylation sites is 1. The fourth-order valence-electron chi connectivity index (χ4n) is 2.77. The van der Waals surface area contributed by atoms with Gasteiger partial charge in [-0.25, -0.2) is 4.98 Å². The molecule has 2 atom stereocenters. The van der Waals surface area contributed by atoms with E-state index < -0.39 is 6.10 Å². The zero-order valence-corrected chi connectivity index (χ0v) is 13.6. The van der Waals surface area contributed by atoms with E-state index >= 15 is 0 Å². The van der Waals surface area contributed by atoms with E-state index in [2.05, 4.69) is 10.3 Å². The second-order valence-corrected chi connectivity index (χ2v) is 6.42. The normalized spacial score (nSPS) is 20.9. The smallest absolute Gasteiger partial charge is 0.255 e. The average Bonchev–Trinajstić information content (AvgIpc) is 3.09. The Morgan fingerprint density at radius 3 is 2.96 bits per heavy atom. The van der Waals surface area contributed by atoms with Gasteiger partial charge in [0.25, 0.3) is 5.91 Å². The van der Waals surface area contributed by atoms with Gasteiger partial charge >= 0.3 is 0 Å². The standard InChI is InChI=1S/C17H20N2O3S/c20-15-7-3-2-6-14(15)19-17(21)13-5-1-4-8-16(13)22-9-12-10-23-11-18-12/h1,4-5,8,10-11,14-15,20H,2-3,6-7,9H2,(H,19,21). The number of rotatable bonds is 5. The van der Waals surface area contributed by atoms with Gasteiger partial charge in [0.2, 0.25) is 0 Å². The highest BCUT2D eigenvalue weighted by molar-refractivity contribution is 7.07. The largest absolute Gasteiger partial charge is 0.486 e. The van der Waals surface area contributed by atoms with E-state index in [0.717, 1.165) is 31.4 Å². The van der Waals surface area contributed by atoms with Gasteiger partial charge in [-0.15, -0.1) is 11.3 Å². The van der Waals surface area contributed by atoms with E-state index in [1.165, 1.54) is 11.3 Å². The summed E-state index contributed by atoms with van der Waals surface area (Å²) in [5, 5.41) is 14.9. The molecular formula is C17H20N2O3S. The molecule has 0 spiro atoms. The van der Waals surface area contributed by atoms with Crippen molar-refractivity contribution in [1.29, 1.82) is 0 Å². The summed E-state index contributed by atoms with van der Waals surface area (Å²) in [6, 6.07) is 6.98. The van der Waals surface area contributed by atoms with Crippen LogP contribution in [0.1, 0.15) is 41.7 Å². The second-order valence-electron chi connectivity index (χ2n) is 5.70. The Morgan fingerprint density at radius 1 is 1.35 bits per heavy atom. The van der Waals surface area contributed by atoms with Gasteiger partial charge in [0.15, 0.2) is 0 Å². The third-order valence-corrected chi connectivity index (χ3v) is 4.67. The molecule has 2 aromatic rings. The van der Waals surface area contributed by atoms with Crippen LogP contribution in [0, 0.1) is 0 Å². The first kappa shape index (κ1) is 16.0. The van der Waals surface area contributed by atoms with Crippen molar-refractivity contribution in [3.8, 4) is 5.75 Å². The second kappa shape index (κ2) is 7.57. The molecule has 1 aromatic heterocycles. The fourth-order valence-corrected chi connectivity index (χ4v) is 3.31. The van der Waals surface area contributed by atoms with Crippen molar-refractivity contribution in [3.05, 3.63) is 46.4 Å². The van der Waals surface area contributed by atoms with Crippen molar-refractivity contribution in [2.45, 2.75) is 44.4 Å². The summed E-state index contributed by atoms with van der Waals surface area (Å²) in [5.41, 5.74) is 3.08. The van der Waals surface area contributed by atoms with Crippen molar-refractivity contribution in [2.75, 3.05) is 0 Å². The zero-order chi connectivity index (χ0) is 16.1. The lowest BCUT2D eigenvalue weighted by Crippen LogP contribution is -2.45. The maximum Gasteiger partial charge on any atom is 0.255 e. The molecule has 1 aliphatic carbocycles. The van der Waals surface area contributed by atoms with Crippen LogP contribution < -0.4 is 10.1 Å². The molecule has 2 unspecified atom stereocenters. The SMILES string of the molecule is O=C(NC1CCCCC1O)c1ccccc1OCc1cscn1. The van der Waals surface area contributed by atoms with Crippen LogP contribution in [0.25, 0.3) is 0 Å². The van der Waals surface area contributed by atoms with Crippen LogP contribution in [0.5, 0.6) is 5.75 Å². The molecule has 3 rings (SSSR count). The van der Waals surface area contributed by atoms with E-state index in [9.17, 15) is 9.90 Å². The van der Waals surface area contributed by atoms with Gasteiger partial charge < -0.3 is 15.2 Å². The highest BCUT2D eigenvalue weighted by atomic mass is 32.1. The van der Waals surface area contributed by atoms with E-state index in [4.69, 9.17) is 4.74 Å². The monoisotopic (exact) mass is 332 g/mol. The van der Waals surface area contributed by atoms with E-state index in [1.807, 2.05) is 17.5 Å². The van der Waals surface area contributed by atoms with Gasteiger partial charge in [-0.05, 0) is 25.0 Å². The van der Waals surface area contributed by atoms with Crippen molar-refractivity contribution >= 4 is 17.2 Å². The number of hydrogen-bond donors (Lipinski definition) is 2. The Kier molecular flexibility index (Phi) is 5.25. The van der Waals surface area contributed by atoms with Crippen molar-refractivity contribution in [2.24, 2.45) is 0 Å². The molecule has 1 amide bonds. The summed E-state index contributed by atoms with van der Waals surface area (Å²) in [5.74, 6) is 0.327. The van der Waals surface area contributed by atoms with E-state index in [1.54, 1.807) is 17.6 Å². The molecule has 1 saturated carbocycles. The molecule has 5 nitrogen and oxygen atoms in total. The first-order valence-corrected chi connectivity index (χ1v) is 8.76. The van der Waals surface area contributed by atoms with Gasteiger partial charge in [0, 0.05) is 5.38 Å². The molecular weight excluding hydrogens is 312 g/mol. The molecule has 0 aliphatic heterocycles. The van der Waals surface area contributed by atoms with Crippen molar-refractivity contribution < 1.29 is 14.6 Å². The molecule has 6 heteroatoms. The predicted molar refractivity (Wildman–Crippen MR) is 88.6 cm³/mol. The van der Waals surface area contributed by atoms with Gasteiger partial charge in [-0.3, -0.25) is 4.79 Å². The van der Waals surface area contributed by atoms with Crippen LogP contribution >= 0.6 is 11.3 Å². The number of ether oxygens (including phenoxy) is 1. The quantitative estimate of drug-likeness (QED) is 0.883. The lowest BCUT2D eigenvalue weighted by atomic mass is 9.92. The highest BCUT2D eigenvalue weighted by Crippen LogP contribution is 2.22. The molecule has 122 valence electrons. The molecule has 1 aromatic carbocycles. The number of benzene rings is 1. The molecule has 2 N–H and O–H groups in total. The van der Waals surface area contributed by atoms with Crippen LogP contribution in [0.3, 0.4) is 0 Å². The number of carbonyl (C=O) groups excluding carboxylic acids is 1. The number of aliphatic hydroxyl groups excluding tert-OH is 1. The molecule has 1 heterocycles. The number of nitrogens with one attached hydrogen (secondary N) is 1. The zero-order valence-electron chi connectivity index (χ0n) is 12.8. The fraction of sp³-hybridized carbons (Fsp3) is 0.412. The van der Waals surface area contributed by atoms with Gasteiger partial charge in [0.1, 0.15) is 12.4 Å². The first-order chi connectivity index (χ1) is 11.2. The number of thiazole rings is 1. The maximum atomic E-state index is 12.5. The van der Waals surface area contributed by atoms with Crippen molar-refractivity contribution in [3.63, 3.8) is 0 Å². The third-order valence-electron chi connectivity index (χ3n) is 4.04. The summed E-state index contributed by atoms with van der Waals surface area (Å²) >= 11 is 1.51. The van der Waals surface area contributed by atoms with Crippen molar-refractivity contribution in [1.82, 2.24) is 10.3 Å². The first-order valence-electron chi connectivity index (χ1n) is 7.82. The van der Waals surface area contributed by atoms with Crippen LogP contribution in [0.15, 0.2) is 35.2 Å². The summed E-state index contributed by atoms with van der Waals surface area (Å²) in [7, 11) is 0. The Hall–Kier alpha value is -1.92. The molecule has 0 bridgehead atoms. The minimum Gasteiger partial charge on any atom is -0.486 e. The predicted octanol–water partition coefficient (Wildman–Crippen LogP) is 2.76. The van der Waals surface area contributed by atoms with Crippen LogP contribution in [0.4, 0.5) is 0 Å². The summed E-state index contributed by atoms with van der Waals surface area (Å²) in [6.45, 7) is 0.333. The maximum absolute atomic E-state index is 12.5. The Labute approximate surface area is 139 Å². The summed E-state index contributed by atoms with van der Waals surface area (Å²) in [6.07, 6.45) is 3.14.